The SMILES string of the molecule is C=CCCC(=O)NC[C@@H](C)OC(=O)[C@H]1[C@@H]2O[C@@]3(CC2Br)[C@@H]1C(=O)N(CCCCCCO)[C@@H]3C(=O)N(CC=C)CCCCC. The smallest absolute Gasteiger partial charge is 0.312 e. The van der Waals surface area contributed by atoms with Crippen LogP contribution in [0.4, 0.5) is 0 Å². The molecule has 0 aromatic carbocycles. The van der Waals surface area contributed by atoms with Gasteiger partial charge in [0.05, 0.1) is 24.5 Å². The first kappa shape index (κ1) is 35.2. The van der Waals surface area contributed by atoms with Crippen LogP contribution >= 0.6 is 15.9 Å². The Kier molecular flexibility index (Phi) is 13.7. The minimum absolute atomic E-state index is 0.117. The van der Waals surface area contributed by atoms with Crippen LogP contribution in [0.5, 0.6) is 0 Å². The quantitative estimate of drug-likeness (QED) is 0.0881. The lowest BCUT2D eigenvalue weighted by molar-refractivity contribution is -0.159. The van der Waals surface area contributed by atoms with Crippen LogP contribution in [0.3, 0.4) is 0 Å². The number of likely N-dealkylation sites (tertiary alicyclic amines) is 1. The van der Waals surface area contributed by atoms with E-state index in [0.29, 0.717) is 51.7 Å². The van der Waals surface area contributed by atoms with E-state index in [1.807, 2.05) is 0 Å². The number of carbonyl (C=O) groups excluding carboxylic acids is 4. The van der Waals surface area contributed by atoms with E-state index >= 15 is 0 Å². The number of alkyl halides is 1. The van der Waals surface area contributed by atoms with Gasteiger partial charge in [-0.3, -0.25) is 19.2 Å². The number of fused-ring (bicyclic) bond motifs is 1. The number of carbonyl (C=O) groups is 4. The molecule has 0 aliphatic carbocycles. The van der Waals surface area contributed by atoms with E-state index < -0.39 is 41.7 Å². The van der Waals surface area contributed by atoms with E-state index in [1.165, 1.54) is 0 Å². The molecule has 7 atom stereocenters. The molecule has 3 saturated heterocycles. The first-order valence-electron chi connectivity index (χ1n) is 15.9. The first-order chi connectivity index (χ1) is 20.7. The second-order valence-electron chi connectivity index (χ2n) is 12.0. The Morgan fingerprint density at radius 2 is 1.95 bits per heavy atom. The number of unbranched alkanes of at least 4 members (excludes halogenated alkanes) is 5. The van der Waals surface area contributed by atoms with Crippen molar-refractivity contribution in [3.05, 3.63) is 25.3 Å². The fraction of sp³-hybridized carbons (Fsp3) is 0.750. The number of hydrogen-bond acceptors (Lipinski definition) is 7. The summed E-state index contributed by atoms with van der Waals surface area (Å²) in [6.07, 6.45) is 9.28. The summed E-state index contributed by atoms with van der Waals surface area (Å²) in [5.41, 5.74) is -1.14. The molecular weight excluding hydrogens is 618 g/mol. The van der Waals surface area contributed by atoms with E-state index in [2.05, 4.69) is 41.3 Å². The van der Waals surface area contributed by atoms with Crippen molar-refractivity contribution in [2.75, 3.05) is 32.8 Å². The highest BCUT2D eigenvalue weighted by molar-refractivity contribution is 9.09. The molecule has 11 heteroatoms. The molecule has 1 spiro atoms. The minimum Gasteiger partial charge on any atom is -0.460 e. The number of ether oxygens (including phenoxy) is 2. The zero-order valence-corrected chi connectivity index (χ0v) is 27.4. The fourth-order valence-corrected chi connectivity index (χ4v) is 7.68. The van der Waals surface area contributed by atoms with Crippen molar-refractivity contribution in [1.29, 1.82) is 0 Å². The molecule has 3 amide bonds. The summed E-state index contributed by atoms with van der Waals surface area (Å²) in [5, 5.41) is 11.9. The van der Waals surface area contributed by atoms with Gasteiger partial charge < -0.3 is 29.7 Å². The van der Waals surface area contributed by atoms with Crippen molar-refractivity contribution in [3.8, 4) is 0 Å². The van der Waals surface area contributed by atoms with Crippen molar-refractivity contribution in [2.24, 2.45) is 11.8 Å². The van der Waals surface area contributed by atoms with Gasteiger partial charge in [-0.1, -0.05) is 60.7 Å². The van der Waals surface area contributed by atoms with Gasteiger partial charge in [-0.05, 0) is 39.0 Å². The van der Waals surface area contributed by atoms with Crippen LogP contribution < -0.4 is 5.32 Å². The van der Waals surface area contributed by atoms with E-state index in [9.17, 15) is 19.2 Å². The molecule has 0 aromatic rings. The fourth-order valence-electron chi connectivity index (χ4n) is 6.74. The van der Waals surface area contributed by atoms with Crippen LogP contribution in [0.15, 0.2) is 25.3 Å². The highest BCUT2D eigenvalue weighted by Crippen LogP contribution is 2.60. The minimum atomic E-state index is -1.14. The topological polar surface area (TPSA) is 125 Å². The van der Waals surface area contributed by atoms with Gasteiger partial charge in [-0.25, -0.2) is 0 Å². The highest BCUT2D eigenvalue weighted by Gasteiger charge is 2.77. The third kappa shape index (κ3) is 8.08. The molecule has 0 aromatic heterocycles. The Hall–Kier alpha value is -2.24. The van der Waals surface area contributed by atoms with Gasteiger partial charge in [0.2, 0.25) is 17.7 Å². The molecule has 242 valence electrons. The average Bonchev–Trinajstić information content (AvgIpc) is 3.57. The summed E-state index contributed by atoms with van der Waals surface area (Å²) >= 11 is 3.70. The highest BCUT2D eigenvalue weighted by atomic mass is 79.9. The number of hydrogen-bond donors (Lipinski definition) is 2. The molecule has 3 fully saturated rings. The second-order valence-corrected chi connectivity index (χ2v) is 13.2. The normalized spacial score (nSPS) is 28.0. The molecule has 3 heterocycles. The first-order valence-corrected chi connectivity index (χ1v) is 16.8. The van der Waals surface area contributed by atoms with E-state index in [4.69, 9.17) is 14.6 Å². The Balaban J connectivity index is 1.85. The van der Waals surface area contributed by atoms with Crippen molar-refractivity contribution >= 4 is 39.6 Å². The van der Waals surface area contributed by atoms with Crippen LogP contribution in [-0.2, 0) is 28.7 Å². The van der Waals surface area contributed by atoms with Crippen molar-refractivity contribution in [3.63, 3.8) is 0 Å². The van der Waals surface area contributed by atoms with Crippen LogP contribution in [0.1, 0.15) is 78.1 Å². The maximum atomic E-state index is 14.3. The number of aliphatic hydroxyl groups is 1. The number of nitrogens with zero attached hydrogens (tertiary/aromatic N) is 2. The Labute approximate surface area is 264 Å². The number of esters is 1. The van der Waals surface area contributed by atoms with Gasteiger partial charge >= 0.3 is 5.97 Å². The van der Waals surface area contributed by atoms with Gasteiger partial charge in [-0.2, -0.15) is 0 Å². The zero-order chi connectivity index (χ0) is 31.6. The number of allylic oxidation sites excluding steroid dienone is 1. The molecule has 0 saturated carbocycles. The molecule has 3 aliphatic rings. The molecule has 3 rings (SSSR count). The van der Waals surface area contributed by atoms with E-state index in [-0.39, 0.29) is 35.7 Å². The van der Waals surface area contributed by atoms with Gasteiger partial charge in [0.25, 0.3) is 0 Å². The Morgan fingerprint density at radius 3 is 2.63 bits per heavy atom. The molecule has 3 aliphatic heterocycles. The summed E-state index contributed by atoms with van der Waals surface area (Å²) in [6.45, 7) is 12.8. The molecule has 1 unspecified atom stereocenters. The molecule has 43 heavy (non-hydrogen) atoms. The lowest BCUT2D eigenvalue weighted by Crippen LogP contribution is -2.57. The van der Waals surface area contributed by atoms with Crippen LogP contribution in [0.25, 0.3) is 0 Å². The Bertz CT molecular complexity index is 1010. The molecule has 10 nitrogen and oxygen atoms in total. The maximum Gasteiger partial charge on any atom is 0.312 e. The second kappa shape index (κ2) is 16.7. The van der Waals surface area contributed by atoms with Gasteiger partial charge in [0.15, 0.2) is 0 Å². The summed E-state index contributed by atoms with van der Waals surface area (Å²) < 4.78 is 12.4. The Morgan fingerprint density at radius 1 is 1.21 bits per heavy atom. The van der Waals surface area contributed by atoms with Gasteiger partial charge in [-0.15, -0.1) is 13.2 Å². The number of nitrogens with one attached hydrogen (secondary N) is 1. The largest absolute Gasteiger partial charge is 0.460 e. The number of aliphatic hydroxyl groups excluding tert-OH is 1. The van der Waals surface area contributed by atoms with Crippen LogP contribution in [0.2, 0.25) is 0 Å². The average molecular weight is 669 g/mol. The summed E-state index contributed by atoms with van der Waals surface area (Å²) in [5.74, 6) is -2.83. The van der Waals surface area contributed by atoms with E-state index in [0.717, 1.165) is 32.1 Å². The van der Waals surface area contributed by atoms with Crippen LogP contribution in [-0.4, -0.2) is 100 Å². The predicted octanol–water partition coefficient (Wildman–Crippen LogP) is 3.51. The number of rotatable bonds is 20. The standard InChI is InChI=1S/C32H50BrN3O7/c1-5-8-12-17-35(16-7-3)30(40)28-32-20-23(33)27(43-32)25(26(32)29(39)36(28)18-13-10-11-14-19-37)31(41)42-22(4)21-34-24(38)15-9-6-2/h6-7,22-23,25-28,37H,2-3,5,8-21H2,1,4H3,(H,34,38)/t22-,23?,25-,26+,27-,28-,32+/m1/s1. The van der Waals surface area contributed by atoms with Crippen molar-refractivity contribution < 1.29 is 33.8 Å². The van der Waals surface area contributed by atoms with Crippen molar-refractivity contribution in [1.82, 2.24) is 15.1 Å². The molecule has 2 N–H and O–H groups in total. The number of amides is 3. The third-order valence-corrected chi connectivity index (χ3v) is 9.62. The van der Waals surface area contributed by atoms with Crippen LogP contribution in [0, 0.1) is 11.8 Å². The zero-order valence-electron chi connectivity index (χ0n) is 25.8. The molecular formula is C32H50BrN3O7. The maximum absolute atomic E-state index is 14.3. The summed E-state index contributed by atoms with van der Waals surface area (Å²) in [6, 6.07) is -0.853. The lowest BCUT2D eigenvalue weighted by Gasteiger charge is -2.37. The van der Waals surface area contributed by atoms with Crippen molar-refractivity contribution in [2.45, 2.75) is 107 Å². The van der Waals surface area contributed by atoms with Gasteiger partial charge in [0, 0.05) is 37.5 Å². The molecule has 2 bridgehead atoms. The monoisotopic (exact) mass is 667 g/mol. The molecule has 0 radical (unpaired) electrons. The lowest BCUT2D eigenvalue weighted by atomic mass is 9.70. The summed E-state index contributed by atoms with van der Waals surface area (Å²) in [4.78, 5) is 57.4. The third-order valence-electron chi connectivity index (χ3n) is 8.77. The predicted molar refractivity (Wildman–Crippen MR) is 167 cm³/mol. The summed E-state index contributed by atoms with van der Waals surface area (Å²) in [7, 11) is 0. The number of halogens is 1. The van der Waals surface area contributed by atoms with E-state index in [1.54, 1.807) is 28.9 Å². The van der Waals surface area contributed by atoms with Gasteiger partial charge in [0.1, 0.15) is 17.7 Å².